The minimum Gasteiger partial charge on any atom is -0.466 e. The number of aliphatic hydroxyl groups excluding tert-OH is 1. The van der Waals surface area contributed by atoms with Crippen LogP contribution in [0.25, 0.3) is 0 Å². The highest BCUT2D eigenvalue weighted by Crippen LogP contribution is 2.21. The van der Waals surface area contributed by atoms with Crippen LogP contribution in [0.5, 0.6) is 0 Å². The third kappa shape index (κ3) is 5.04. The van der Waals surface area contributed by atoms with Crippen LogP contribution >= 0.6 is 0 Å². The fourth-order valence-corrected chi connectivity index (χ4v) is 2.98. The Kier molecular flexibility index (Phi) is 5.87. The van der Waals surface area contributed by atoms with Crippen molar-refractivity contribution in [1.82, 2.24) is 9.80 Å². The number of carbonyl (C=O) groups excluding carboxylic acids is 2. The molecule has 0 radical (unpaired) electrons. The highest BCUT2D eigenvalue weighted by molar-refractivity contribution is 5.80. The summed E-state index contributed by atoms with van der Waals surface area (Å²) in [7, 11) is 0. The van der Waals surface area contributed by atoms with Gasteiger partial charge in [0.25, 0.3) is 0 Å². The number of hydrogen-bond acceptors (Lipinski definition) is 4. The first kappa shape index (κ1) is 19.4. The quantitative estimate of drug-likeness (QED) is 0.890. The van der Waals surface area contributed by atoms with Crippen LogP contribution in [0, 0.1) is 12.8 Å². The van der Waals surface area contributed by atoms with Gasteiger partial charge in [-0.2, -0.15) is 0 Å². The lowest BCUT2D eigenvalue weighted by Gasteiger charge is -2.29. The van der Waals surface area contributed by atoms with E-state index in [1.807, 2.05) is 0 Å². The molecule has 1 aliphatic heterocycles. The lowest BCUT2D eigenvalue weighted by molar-refractivity contribution is -0.139. The van der Waals surface area contributed by atoms with Crippen LogP contribution in [0.15, 0.2) is 16.5 Å². The summed E-state index contributed by atoms with van der Waals surface area (Å²) in [6.07, 6.45) is -0.733. The molecule has 1 aliphatic rings. The molecule has 2 heterocycles. The van der Waals surface area contributed by atoms with Crippen molar-refractivity contribution in [3.63, 3.8) is 0 Å². The number of rotatable bonds is 4. The maximum atomic E-state index is 14.9. The van der Waals surface area contributed by atoms with Crippen molar-refractivity contribution < 1.29 is 23.5 Å². The number of amides is 2. The van der Waals surface area contributed by atoms with E-state index in [2.05, 4.69) is 0 Å². The maximum absolute atomic E-state index is 14.9. The van der Waals surface area contributed by atoms with E-state index in [1.54, 1.807) is 26.0 Å². The Labute approximate surface area is 147 Å². The van der Waals surface area contributed by atoms with Gasteiger partial charge in [-0.05, 0) is 32.9 Å². The van der Waals surface area contributed by atoms with Gasteiger partial charge in [0.05, 0.1) is 31.5 Å². The molecular weight excluding hydrogens is 327 g/mol. The van der Waals surface area contributed by atoms with Crippen molar-refractivity contribution >= 4 is 11.8 Å². The molecule has 2 rings (SSSR count). The van der Waals surface area contributed by atoms with E-state index >= 15 is 0 Å². The highest BCUT2D eigenvalue weighted by atomic mass is 19.1. The normalized spacial score (nSPS) is 23.9. The zero-order valence-corrected chi connectivity index (χ0v) is 15.3. The predicted octanol–water partition coefficient (Wildman–Crippen LogP) is 1.55. The van der Waals surface area contributed by atoms with Gasteiger partial charge in [0.15, 0.2) is 0 Å². The van der Waals surface area contributed by atoms with Crippen molar-refractivity contribution in [3.8, 4) is 0 Å². The average molecular weight is 354 g/mol. The van der Waals surface area contributed by atoms with E-state index in [-0.39, 0.29) is 44.4 Å². The Hall–Kier alpha value is -1.89. The monoisotopic (exact) mass is 354 g/mol. The van der Waals surface area contributed by atoms with Crippen LogP contribution in [-0.4, -0.2) is 64.7 Å². The van der Waals surface area contributed by atoms with Gasteiger partial charge in [-0.3, -0.25) is 9.59 Å². The number of alkyl halides is 1. The zero-order valence-electron chi connectivity index (χ0n) is 15.3. The van der Waals surface area contributed by atoms with Gasteiger partial charge >= 0.3 is 0 Å². The summed E-state index contributed by atoms with van der Waals surface area (Å²) in [6, 6.07) is 3.52. The summed E-state index contributed by atoms with van der Waals surface area (Å²) >= 11 is 0. The largest absolute Gasteiger partial charge is 0.466 e. The molecule has 1 aromatic heterocycles. The van der Waals surface area contributed by atoms with Crippen molar-refractivity contribution in [1.29, 1.82) is 0 Å². The van der Waals surface area contributed by atoms with Crippen molar-refractivity contribution in [2.75, 3.05) is 26.2 Å². The average Bonchev–Trinajstić information content (AvgIpc) is 2.84. The van der Waals surface area contributed by atoms with Gasteiger partial charge in [0, 0.05) is 13.1 Å². The molecule has 3 unspecified atom stereocenters. The SMILES string of the molecule is Cc1ccc(CC(=O)N2CCN(C(=O)C(C)C(C)O)CC(C)(F)C2)o1. The summed E-state index contributed by atoms with van der Waals surface area (Å²) < 4.78 is 20.3. The summed E-state index contributed by atoms with van der Waals surface area (Å²) in [5.41, 5.74) is -1.71. The molecule has 25 heavy (non-hydrogen) atoms. The Balaban J connectivity index is 2.06. The Bertz CT molecular complexity index is 626. The Morgan fingerprint density at radius 2 is 1.88 bits per heavy atom. The molecule has 0 aliphatic carbocycles. The fraction of sp³-hybridized carbons (Fsp3) is 0.667. The van der Waals surface area contributed by atoms with Crippen LogP contribution in [0.4, 0.5) is 4.39 Å². The number of hydrogen-bond donors (Lipinski definition) is 1. The van der Waals surface area contributed by atoms with E-state index in [9.17, 15) is 19.1 Å². The van der Waals surface area contributed by atoms with Crippen LogP contribution < -0.4 is 0 Å². The molecule has 1 saturated heterocycles. The molecule has 140 valence electrons. The molecule has 0 spiro atoms. The van der Waals surface area contributed by atoms with Gasteiger partial charge in [0.1, 0.15) is 17.2 Å². The lowest BCUT2D eigenvalue weighted by atomic mass is 10.0. The molecule has 0 bridgehead atoms. The van der Waals surface area contributed by atoms with Gasteiger partial charge < -0.3 is 19.3 Å². The molecule has 2 amide bonds. The van der Waals surface area contributed by atoms with Crippen LogP contribution in [-0.2, 0) is 16.0 Å². The van der Waals surface area contributed by atoms with Crippen LogP contribution in [0.3, 0.4) is 0 Å². The third-order valence-corrected chi connectivity index (χ3v) is 4.58. The van der Waals surface area contributed by atoms with E-state index in [4.69, 9.17) is 4.42 Å². The number of aliphatic hydroxyl groups is 1. The molecule has 1 fully saturated rings. The second-order valence-electron chi connectivity index (χ2n) is 7.21. The number of nitrogens with zero attached hydrogens (tertiary/aromatic N) is 2. The van der Waals surface area contributed by atoms with Crippen LogP contribution in [0.2, 0.25) is 0 Å². The first-order valence-corrected chi connectivity index (χ1v) is 8.58. The Morgan fingerprint density at radius 3 is 2.44 bits per heavy atom. The van der Waals surface area contributed by atoms with E-state index < -0.39 is 17.7 Å². The molecule has 0 saturated carbocycles. The van der Waals surface area contributed by atoms with Crippen LogP contribution in [0.1, 0.15) is 32.3 Å². The summed E-state index contributed by atoms with van der Waals surface area (Å²) in [5, 5.41) is 9.61. The molecule has 0 aromatic carbocycles. The topological polar surface area (TPSA) is 74.0 Å². The minimum absolute atomic E-state index is 0.0711. The molecule has 1 aromatic rings. The lowest BCUT2D eigenvalue weighted by Crippen LogP contribution is -2.46. The van der Waals surface area contributed by atoms with E-state index in [1.165, 1.54) is 23.6 Å². The smallest absolute Gasteiger partial charge is 0.230 e. The zero-order chi connectivity index (χ0) is 18.8. The van der Waals surface area contributed by atoms with Gasteiger partial charge in [0.2, 0.25) is 11.8 Å². The summed E-state index contributed by atoms with van der Waals surface area (Å²) in [5.74, 6) is 0.135. The number of aryl methyl sites for hydroxylation is 1. The summed E-state index contributed by atoms with van der Waals surface area (Å²) in [6.45, 7) is 6.69. The molecule has 7 heteroatoms. The molecule has 1 N–H and O–H groups in total. The first-order valence-electron chi connectivity index (χ1n) is 8.58. The van der Waals surface area contributed by atoms with E-state index in [0.717, 1.165) is 5.76 Å². The first-order chi connectivity index (χ1) is 11.6. The molecule has 3 atom stereocenters. The maximum Gasteiger partial charge on any atom is 0.230 e. The minimum atomic E-state index is -1.71. The number of carbonyl (C=O) groups is 2. The van der Waals surface area contributed by atoms with Gasteiger partial charge in [-0.25, -0.2) is 4.39 Å². The van der Waals surface area contributed by atoms with Crippen molar-refractivity contribution in [3.05, 3.63) is 23.7 Å². The highest BCUT2D eigenvalue weighted by Gasteiger charge is 2.37. The standard InChI is InChI=1S/C18H27FN2O4/c1-12-5-6-15(25-12)9-16(23)20-7-8-21(11-18(4,19)10-20)17(24)13(2)14(3)22/h5-6,13-14,22H,7-11H2,1-4H3. The van der Waals surface area contributed by atoms with Gasteiger partial charge in [-0.15, -0.1) is 0 Å². The summed E-state index contributed by atoms with van der Waals surface area (Å²) in [4.78, 5) is 27.8. The predicted molar refractivity (Wildman–Crippen MR) is 90.7 cm³/mol. The van der Waals surface area contributed by atoms with Crippen molar-refractivity contribution in [2.24, 2.45) is 5.92 Å². The van der Waals surface area contributed by atoms with Crippen molar-refractivity contribution in [2.45, 2.75) is 45.9 Å². The number of halogens is 1. The number of furan rings is 1. The fourth-order valence-electron chi connectivity index (χ4n) is 2.98. The second kappa shape index (κ2) is 7.56. The molecular formula is C18H27FN2O4. The third-order valence-electron chi connectivity index (χ3n) is 4.58. The van der Waals surface area contributed by atoms with Gasteiger partial charge in [-0.1, -0.05) is 6.92 Å². The second-order valence-corrected chi connectivity index (χ2v) is 7.21. The van der Waals surface area contributed by atoms with E-state index in [0.29, 0.717) is 5.76 Å². The Morgan fingerprint density at radius 1 is 1.28 bits per heavy atom. The molecule has 6 nitrogen and oxygen atoms in total.